The number of hydrogen-bond acceptors (Lipinski definition) is 2. The van der Waals surface area contributed by atoms with Gasteiger partial charge in [0, 0.05) is 0 Å². The molecular formula is C9H10ClF2NO. The summed E-state index contributed by atoms with van der Waals surface area (Å²) in [5.41, 5.74) is 0.859. The number of pyridine rings is 1. The SMILES string of the molecule is COc1cc(C)c(CCl)nc1C(F)F. The van der Waals surface area contributed by atoms with E-state index in [2.05, 4.69) is 4.98 Å². The van der Waals surface area contributed by atoms with Gasteiger partial charge in [-0.1, -0.05) is 0 Å². The van der Waals surface area contributed by atoms with E-state index in [1.807, 2.05) is 0 Å². The molecular weight excluding hydrogens is 212 g/mol. The smallest absolute Gasteiger partial charge is 0.284 e. The van der Waals surface area contributed by atoms with Crippen molar-refractivity contribution >= 4 is 11.6 Å². The zero-order valence-electron chi connectivity index (χ0n) is 7.85. The predicted molar refractivity (Wildman–Crippen MR) is 50.0 cm³/mol. The lowest BCUT2D eigenvalue weighted by Gasteiger charge is -2.10. The highest BCUT2D eigenvalue weighted by molar-refractivity contribution is 6.17. The van der Waals surface area contributed by atoms with Crippen molar-refractivity contribution in [2.24, 2.45) is 0 Å². The van der Waals surface area contributed by atoms with Crippen LogP contribution in [0.3, 0.4) is 0 Å². The van der Waals surface area contributed by atoms with Gasteiger partial charge >= 0.3 is 0 Å². The molecule has 1 heterocycles. The van der Waals surface area contributed by atoms with Gasteiger partial charge in [0.25, 0.3) is 6.43 Å². The highest BCUT2D eigenvalue weighted by Crippen LogP contribution is 2.29. The second-order valence-electron chi connectivity index (χ2n) is 2.77. The quantitative estimate of drug-likeness (QED) is 0.732. The first-order chi connectivity index (χ1) is 6.60. The average molecular weight is 222 g/mol. The van der Waals surface area contributed by atoms with Crippen molar-refractivity contribution in [3.05, 3.63) is 23.0 Å². The van der Waals surface area contributed by atoms with Crippen LogP contribution in [0.2, 0.25) is 0 Å². The Kier molecular flexibility index (Phi) is 3.63. The van der Waals surface area contributed by atoms with Crippen LogP contribution in [-0.4, -0.2) is 12.1 Å². The number of aryl methyl sites for hydroxylation is 1. The molecule has 14 heavy (non-hydrogen) atoms. The van der Waals surface area contributed by atoms with Crippen LogP contribution in [0.25, 0.3) is 0 Å². The van der Waals surface area contributed by atoms with Gasteiger partial charge in [-0.25, -0.2) is 13.8 Å². The number of ether oxygens (including phenoxy) is 1. The molecule has 0 radical (unpaired) electrons. The Labute approximate surface area is 85.9 Å². The number of alkyl halides is 3. The summed E-state index contributed by atoms with van der Waals surface area (Å²) in [4.78, 5) is 3.75. The van der Waals surface area contributed by atoms with Gasteiger partial charge in [-0.15, -0.1) is 11.6 Å². The Morgan fingerprint density at radius 2 is 2.21 bits per heavy atom. The Hall–Kier alpha value is -0.900. The van der Waals surface area contributed by atoms with E-state index in [9.17, 15) is 8.78 Å². The lowest BCUT2D eigenvalue weighted by atomic mass is 10.2. The lowest BCUT2D eigenvalue weighted by molar-refractivity contribution is 0.141. The molecule has 1 aromatic rings. The third-order valence-electron chi connectivity index (χ3n) is 1.86. The van der Waals surface area contributed by atoms with Crippen molar-refractivity contribution < 1.29 is 13.5 Å². The summed E-state index contributed by atoms with van der Waals surface area (Å²) in [6.07, 6.45) is -2.65. The second-order valence-corrected chi connectivity index (χ2v) is 3.04. The van der Waals surface area contributed by atoms with Gasteiger partial charge in [0.2, 0.25) is 0 Å². The van der Waals surface area contributed by atoms with Gasteiger partial charge in [-0.05, 0) is 18.6 Å². The molecule has 0 saturated carbocycles. The Bertz CT molecular complexity index is 331. The molecule has 5 heteroatoms. The van der Waals surface area contributed by atoms with Gasteiger partial charge < -0.3 is 4.74 Å². The van der Waals surface area contributed by atoms with Crippen LogP contribution in [0.4, 0.5) is 8.78 Å². The third kappa shape index (κ3) is 2.12. The van der Waals surface area contributed by atoms with Gasteiger partial charge in [-0.3, -0.25) is 0 Å². The zero-order valence-corrected chi connectivity index (χ0v) is 8.61. The minimum Gasteiger partial charge on any atom is -0.495 e. The second kappa shape index (κ2) is 4.55. The van der Waals surface area contributed by atoms with E-state index in [1.165, 1.54) is 13.2 Å². The molecule has 0 amide bonds. The van der Waals surface area contributed by atoms with E-state index in [1.54, 1.807) is 6.92 Å². The number of methoxy groups -OCH3 is 1. The monoisotopic (exact) mass is 221 g/mol. The molecule has 1 rings (SSSR count). The first kappa shape index (κ1) is 11.2. The summed E-state index contributed by atoms with van der Waals surface area (Å²) in [5.74, 6) is 0.224. The van der Waals surface area contributed by atoms with Crippen LogP contribution in [-0.2, 0) is 5.88 Å². The summed E-state index contributed by atoms with van der Waals surface area (Å²) in [5, 5.41) is 0. The molecule has 0 aliphatic rings. The highest BCUT2D eigenvalue weighted by atomic mass is 35.5. The first-order valence-corrected chi connectivity index (χ1v) is 4.52. The Balaban J connectivity index is 3.25. The van der Waals surface area contributed by atoms with Crippen LogP contribution in [0.5, 0.6) is 5.75 Å². The molecule has 0 N–H and O–H groups in total. The number of halogens is 3. The molecule has 0 aromatic carbocycles. The predicted octanol–water partition coefficient (Wildman–Crippen LogP) is 3.08. The van der Waals surface area contributed by atoms with Crippen molar-refractivity contribution in [2.45, 2.75) is 19.2 Å². The summed E-state index contributed by atoms with van der Waals surface area (Å²) in [7, 11) is 1.34. The average Bonchev–Trinajstić information content (AvgIpc) is 2.16. The van der Waals surface area contributed by atoms with E-state index in [4.69, 9.17) is 16.3 Å². The summed E-state index contributed by atoms with van der Waals surface area (Å²) >= 11 is 5.56. The van der Waals surface area contributed by atoms with E-state index >= 15 is 0 Å². The molecule has 2 nitrogen and oxygen atoms in total. The third-order valence-corrected chi connectivity index (χ3v) is 2.12. The van der Waals surface area contributed by atoms with Crippen molar-refractivity contribution in [3.8, 4) is 5.75 Å². The maximum Gasteiger partial charge on any atom is 0.284 e. The molecule has 1 aromatic heterocycles. The molecule has 0 spiro atoms. The highest BCUT2D eigenvalue weighted by Gasteiger charge is 2.17. The van der Waals surface area contributed by atoms with Gasteiger partial charge in [0.15, 0.2) is 0 Å². The maximum atomic E-state index is 12.5. The van der Waals surface area contributed by atoms with Crippen LogP contribution in [0.1, 0.15) is 23.4 Å². The fourth-order valence-electron chi connectivity index (χ4n) is 1.10. The van der Waals surface area contributed by atoms with E-state index in [0.717, 1.165) is 5.56 Å². The van der Waals surface area contributed by atoms with Crippen molar-refractivity contribution in [1.82, 2.24) is 4.98 Å². The van der Waals surface area contributed by atoms with Crippen LogP contribution in [0.15, 0.2) is 6.07 Å². The summed E-state index contributed by atoms with van der Waals surface area (Å²) in [6, 6.07) is 1.52. The van der Waals surface area contributed by atoms with E-state index in [-0.39, 0.29) is 17.3 Å². The minimum absolute atomic E-state index is 0.103. The minimum atomic E-state index is -2.65. The van der Waals surface area contributed by atoms with E-state index < -0.39 is 6.43 Å². The van der Waals surface area contributed by atoms with Crippen molar-refractivity contribution in [3.63, 3.8) is 0 Å². The normalized spacial score (nSPS) is 10.7. The molecule has 0 aliphatic heterocycles. The zero-order chi connectivity index (χ0) is 10.7. The molecule has 0 unspecified atom stereocenters. The fraction of sp³-hybridized carbons (Fsp3) is 0.444. The number of hydrogen-bond donors (Lipinski definition) is 0. The fourth-order valence-corrected chi connectivity index (χ4v) is 1.37. The first-order valence-electron chi connectivity index (χ1n) is 3.98. The molecule has 0 atom stereocenters. The standard InChI is InChI=1S/C9H10ClF2NO/c1-5-3-7(14-2)8(9(11)12)13-6(5)4-10/h3,9H,4H2,1-2H3. The summed E-state index contributed by atoms with van der Waals surface area (Å²) in [6.45, 7) is 1.75. The number of aromatic nitrogens is 1. The topological polar surface area (TPSA) is 22.1 Å². The van der Waals surface area contributed by atoms with Crippen molar-refractivity contribution in [1.29, 1.82) is 0 Å². The Morgan fingerprint density at radius 3 is 2.64 bits per heavy atom. The summed E-state index contributed by atoms with van der Waals surface area (Å²) < 4.78 is 29.8. The molecule has 0 saturated heterocycles. The van der Waals surface area contributed by atoms with Gasteiger partial charge in [-0.2, -0.15) is 0 Å². The number of rotatable bonds is 3. The van der Waals surface area contributed by atoms with E-state index in [0.29, 0.717) is 5.69 Å². The lowest BCUT2D eigenvalue weighted by Crippen LogP contribution is -2.01. The molecule has 0 bridgehead atoms. The molecule has 78 valence electrons. The van der Waals surface area contributed by atoms with Crippen LogP contribution in [0, 0.1) is 6.92 Å². The van der Waals surface area contributed by atoms with Gasteiger partial charge in [0.1, 0.15) is 11.4 Å². The van der Waals surface area contributed by atoms with Crippen LogP contribution < -0.4 is 4.74 Å². The molecule has 0 fully saturated rings. The van der Waals surface area contributed by atoms with Crippen LogP contribution >= 0.6 is 11.6 Å². The largest absolute Gasteiger partial charge is 0.495 e. The van der Waals surface area contributed by atoms with Gasteiger partial charge in [0.05, 0.1) is 18.7 Å². The Morgan fingerprint density at radius 1 is 1.57 bits per heavy atom. The molecule has 0 aliphatic carbocycles. The number of nitrogens with zero attached hydrogens (tertiary/aromatic N) is 1. The van der Waals surface area contributed by atoms with Crippen molar-refractivity contribution in [2.75, 3.05) is 7.11 Å². The maximum absolute atomic E-state index is 12.5.